The van der Waals surface area contributed by atoms with Crippen molar-refractivity contribution >= 4 is 21.6 Å². The number of sulfonamides is 1. The summed E-state index contributed by atoms with van der Waals surface area (Å²) in [6.45, 7) is 5.49. The van der Waals surface area contributed by atoms with Crippen molar-refractivity contribution in [3.63, 3.8) is 0 Å². The zero-order valence-corrected chi connectivity index (χ0v) is 12.4. The quantitative estimate of drug-likeness (QED) is 0.778. The smallest absolute Gasteiger partial charge is 0.211 e. The van der Waals surface area contributed by atoms with Crippen molar-refractivity contribution in [2.24, 2.45) is 0 Å². The molecule has 1 heterocycles. The Morgan fingerprint density at radius 3 is 2.61 bits per heavy atom. The van der Waals surface area contributed by atoms with Gasteiger partial charge in [-0.1, -0.05) is 5.16 Å². The van der Waals surface area contributed by atoms with Crippen LogP contribution in [0, 0.1) is 13.8 Å². The predicted molar refractivity (Wildman–Crippen MR) is 71.4 cm³/mol. The van der Waals surface area contributed by atoms with E-state index in [-0.39, 0.29) is 11.8 Å². The van der Waals surface area contributed by atoms with Crippen LogP contribution in [0.15, 0.2) is 4.52 Å². The van der Waals surface area contributed by atoms with Crippen molar-refractivity contribution in [2.75, 3.05) is 11.6 Å². The molecule has 0 amide bonds. The van der Waals surface area contributed by atoms with Crippen molar-refractivity contribution in [1.82, 2.24) is 9.88 Å². The van der Waals surface area contributed by atoms with Gasteiger partial charge in [-0.2, -0.15) is 0 Å². The van der Waals surface area contributed by atoms with E-state index in [2.05, 4.69) is 9.88 Å². The second-order valence-electron chi connectivity index (χ2n) is 4.39. The van der Waals surface area contributed by atoms with Crippen LogP contribution in [0.5, 0.6) is 0 Å². The summed E-state index contributed by atoms with van der Waals surface area (Å²) in [6.07, 6.45) is 1.02. The predicted octanol–water partition coefficient (Wildman–Crippen LogP) is 1.77. The van der Waals surface area contributed by atoms with Gasteiger partial charge in [0.2, 0.25) is 10.0 Å². The molecule has 0 saturated heterocycles. The van der Waals surface area contributed by atoms with Gasteiger partial charge < -0.3 is 4.52 Å². The van der Waals surface area contributed by atoms with Gasteiger partial charge in [0.25, 0.3) is 0 Å². The lowest BCUT2D eigenvalue weighted by molar-refractivity contribution is 0.392. The van der Waals surface area contributed by atoms with Gasteiger partial charge in [-0.25, -0.2) is 13.1 Å². The molecule has 0 aliphatic heterocycles. The van der Waals surface area contributed by atoms with Gasteiger partial charge in [-0.15, -0.1) is 11.6 Å². The van der Waals surface area contributed by atoms with Crippen molar-refractivity contribution < 1.29 is 12.9 Å². The minimum atomic E-state index is -3.26. The Morgan fingerprint density at radius 2 is 2.11 bits per heavy atom. The van der Waals surface area contributed by atoms with Crippen LogP contribution in [0.25, 0.3) is 0 Å². The van der Waals surface area contributed by atoms with Crippen LogP contribution in [0.3, 0.4) is 0 Å². The summed E-state index contributed by atoms with van der Waals surface area (Å²) in [5.41, 5.74) is 1.77. The molecule has 104 valence electrons. The number of hydrogen-bond acceptors (Lipinski definition) is 4. The molecule has 1 N–H and O–H groups in total. The average Bonchev–Trinajstić information content (AvgIpc) is 2.57. The second-order valence-corrected chi connectivity index (χ2v) is 6.64. The first-order chi connectivity index (χ1) is 8.35. The first-order valence-corrected chi connectivity index (χ1v) is 8.02. The number of aryl methyl sites for hydroxylation is 2. The Labute approximate surface area is 113 Å². The van der Waals surface area contributed by atoms with Crippen LogP contribution < -0.4 is 4.72 Å². The number of hydrogen-bond donors (Lipinski definition) is 1. The second kappa shape index (κ2) is 6.54. The maximum atomic E-state index is 11.7. The van der Waals surface area contributed by atoms with E-state index in [4.69, 9.17) is 16.1 Å². The summed E-state index contributed by atoms with van der Waals surface area (Å²) in [4.78, 5) is 0. The lowest BCUT2D eigenvalue weighted by Gasteiger charge is -2.13. The Hall–Kier alpha value is -0.590. The summed E-state index contributed by atoms with van der Waals surface area (Å²) in [7, 11) is -3.26. The van der Waals surface area contributed by atoms with Crippen LogP contribution in [0.2, 0.25) is 0 Å². The molecule has 0 bridgehead atoms. The molecule has 0 aliphatic rings. The van der Waals surface area contributed by atoms with E-state index in [0.29, 0.717) is 18.7 Å². The lowest BCUT2D eigenvalue weighted by atomic mass is 10.1. The number of nitrogens with zero attached hydrogens (tertiary/aromatic N) is 1. The van der Waals surface area contributed by atoms with Gasteiger partial charge in [-0.05, 0) is 33.6 Å². The SMILES string of the molecule is Cc1noc(C)c1CC(C)NS(=O)(=O)CCCCl. The molecular weight excluding hydrogens is 276 g/mol. The Bertz CT molecular complexity index is 465. The summed E-state index contributed by atoms with van der Waals surface area (Å²) >= 11 is 5.49. The molecule has 0 spiro atoms. The third-order valence-electron chi connectivity index (χ3n) is 2.62. The minimum Gasteiger partial charge on any atom is -0.361 e. The summed E-state index contributed by atoms with van der Waals surface area (Å²) in [6, 6.07) is -0.192. The third kappa shape index (κ3) is 4.59. The Balaban J connectivity index is 2.59. The van der Waals surface area contributed by atoms with Crippen LogP contribution in [0.4, 0.5) is 0 Å². The highest BCUT2D eigenvalue weighted by Crippen LogP contribution is 2.14. The summed E-state index contributed by atoms with van der Waals surface area (Å²) in [5, 5.41) is 3.85. The van der Waals surface area contributed by atoms with Crippen molar-refractivity contribution in [2.45, 2.75) is 39.7 Å². The molecule has 1 rings (SSSR count). The van der Waals surface area contributed by atoms with Crippen LogP contribution in [0.1, 0.15) is 30.4 Å². The van der Waals surface area contributed by atoms with E-state index in [0.717, 1.165) is 17.0 Å². The van der Waals surface area contributed by atoms with Crippen LogP contribution in [-0.2, 0) is 16.4 Å². The number of halogens is 1. The normalized spacial score (nSPS) is 13.8. The number of nitrogens with one attached hydrogen (secondary N) is 1. The van der Waals surface area contributed by atoms with Gasteiger partial charge in [0.1, 0.15) is 5.76 Å². The summed E-state index contributed by atoms with van der Waals surface area (Å²) < 4.78 is 31.1. The van der Waals surface area contributed by atoms with Gasteiger partial charge in [0.05, 0.1) is 11.4 Å². The maximum absolute atomic E-state index is 11.7. The third-order valence-corrected chi connectivity index (χ3v) is 4.47. The Kier molecular flexibility index (Phi) is 5.62. The molecule has 0 aromatic carbocycles. The largest absolute Gasteiger partial charge is 0.361 e. The first kappa shape index (κ1) is 15.5. The van der Waals surface area contributed by atoms with Gasteiger partial charge >= 0.3 is 0 Å². The lowest BCUT2D eigenvalue weighted by Crippen LogP contribution is -2.36. The highest BCUT2D eigenvalue weighted by Gasteiger charge is 2.17. The van der Waals surface area contributed by atoms with Crippen molar-refractivity contribution in [3.05, 3.63) is 17.0 Å². The first-order valence-electron chi connectivity index (χ1n) is 5.83. The fraction of sp³-hybridized carbons (Fsp3) is 0.727. The van der Waals surface area contributed by atoms with E-state index in [1.54, 1.807) is 0 Å². The zero-order valence-electron chi connectivity index (χ0n) is 10.9. The van der Waals surface area contributed by atoms with E-state index in [9.17, 15) is 8.42 Å². The molecule has 1 atom stereocenters. The fourth-order valence-corrected chi connectivity index (χ4v) is 3.38. The van der Waals surface area contributed by atoms with E-state index in [1.165, 1.54) is 0 Å². The number of alkyl halides is 1. The molecule has 5 nitrogen and oxygen atoms in total. The fourth-order valence-electron chi connectivity index (χ4n) is 1.75. The highest BCUT2D eigenvalue weighted by atomic mass is 35.5. The molecule has 7 heteroatoms. The molecular formula is C11H19ClN2O3S. The molecule has 1 aromatic heterocycles. The molecule has 1 aromatic rings. The number of rotatable bonds is 7. The molecule has 0 radical (unpaired) electrons. The Morgan fingerprint density at radius 1 is 1.44 bits per heavy atom. The van der Waals surface area contributed by atoms with E-state index >= 15 is 0 Å². The van der Waals surface area contributed by atoms with Crippen LogP contribution in [-0.4, -0.2) is 31.2 Å². The minimum absolute atomic E-state index is 0.0580. The monoisotopic (exact) mass is 294 g/mol. The van der Waals surface area contributed by atoms with E-state index in [1.807, 2.05) is 20.8 Å². The zero-order chi connectivity index (χ0) is 13.8. The van der Waals surface area contributed by atoms with E-state index < -0.39 is 10.0 Å². The molecule has 0 aliphatic carbocycles. The maximum Gasteiger partial charge on any atom is 0.211 e. The van der Waals surface area contributed by atoms with Gasteiger partial charge in [0.15, 0.2) is 0 Å². The number of aromatic nitrogens is 1. The van der Waals surface area contributed by atoms with Crippen molar-refractivity contribution in [1.29, 1.82) is 0 Å². The standard InChI is InChI=1S/C11H19ClN2O3S/c1-8(14-18(15,16)6-4-5-12)7-11-9(2)13-17-10(11)3/h8,14H,4-7H2,1-3H3. The van der Waals surface area contributed by atoms with Crippen molar-refractivity contribution in [3.8, 4) is 0 Å². The molecule has 1 unspecified atom stereocenters. The van der Waals surface area contributed by atoms with Crippen LogP contribution >= 0.6 is 11.6 Å². The molecule has 0 fully saturated rings. The topological polar surface area (TPSA) is 72.2 Å². The average molecular weight is 295 g/mol. The molecule has 0 saturated carbocycles. The van der Waals surface area contributed by atoms with Gasteiger partial charge in [-0.3, -0.25) is 0 Å². The molecule has 18 heavy (non-hydrogen) atoms. The van der Waals surface area contributed by atoms with Gasteiger partial charge in [0, 0.05) is 17.5 Å². The summed E-state index contributed by atoms with van der Waals surface area (Å²) in [5.74, 6) is 1.14. The highest BCUT2D eigenvalue weighted by molar-refractivity contribution is 7.89.